The van der Waals surface area contributed by atoms with Gasteiger partial charge in [-0.25, -0.2) is 0 Å². The van der Waals surface area contributed by atoms with Crippen LogP contribution in [0.3, 0.4) is 0 Å². The van der Waals surface area contributed by atoms with Crippen LogP contribution in [-0.2, 0) is 17.7 Å². The number of hydrogen-bond acceptors (Lipinski definition) is 3. The van der Waals surface area contributed by atoms with Crippen LogP contribution in [0.5, 0.6) is 0 Å². The summed E-state index contributed by atoms with van der Waals surface area (Å²) < 4.78 is 7.05. The second kappa shape index (κ2) is 4.53. The topological polar surface area (TPSA) is 29.5 Å². The Labute approximate surface area is 103 Å². The number of fused-ring (bicyclic) bond motifs is 1. The molecule has 1 aromatic carbocycles. The Balaban J connectivity index is 2.32. The number of hydrogen-bond donors (Lipinski definition) is 0. The van der Waals surface area contributed by atoms with Crippen molar-refractivity contribution in [3.63, 3.8) is 0 Å². The number of esters is 1. The third-order valence-electron chi connectivity index (χ3n) is 2.64. The maximum atomic E-state index is 11.4. The zero-order valence-electron chi connectivity index (χ0n) is 8.62. The summed E-state index contributed by atoms with van der Waals surface area (Å²) >= 11 is 1.44. The first-order chi connectivity index (χ1) is 7.20. The van der Waals surface area contributed by atoms with Crippen molar-refractivity contribution in [1.82, 2.24) is 3.12 Å². The van der Waals surface area contributed by atoms with E-state index in [1.54, 1.807) is 0 Å². The summed E-state index contributed by atoms with van der Waals surface area (Å²) in [7, 11) is 1.42. The first-order valence-corrected chi connectivity index (χ1v) is 6.14. The zero-order chi connectivity index (χ0) is 10.8. The Kier molecular flexibility index (Phi) is 3.31. The van der Waals surface area contributed by atoms with Gasteiger partial charge in [-0.15, -0.1) is 0 Å². The number of carbonyl (C=O) groups is 1. The molecular weight excluding hydrogens is 297 g/mol. The van der Waals surface area contributed by atoms with E-state index in [9.17, 15) is 4.79 Å². The summed E-state index contributed by atoms with van der Waals surface area (Å²) in [6.45, 7) is 2.08. The quantitative estimate of drug-likeness (QED) is 0.571. The number of ether oxygens (including phenoxy) is 1. The molecule has 1 aliphatic rings. The second-order valence-electron chi connectivity index (χ2n) is 3.65. The molecular formula is C11H12NO2Sn. The average Bonchev–Trinajstić information content (AvgIpc) is 2.27. The van der Waals surface area contributed by atoms with Crippen molar-refractivity contribution in [3.8, 4) is 0 Å². The molecule has 0 unspecified atom stereocenters. The first kappa shape index (κ1) is 10.9. The SMILES string of the molecule is COC(=O)c1ccc2c(c1)C[N]([Sn])CC2. The van der Waals surface area contributed by atoms with Crippen LogP contribution in [0.4, 0.5) is 0 Å². The third-order valence-corrected chi connectivity index (χ3v) is 3.73. The molecule has 1 aromatic rings. The van der Waals surface area contributed by atoms with Crippen molar-refractivity contribution in [2.75, 3.05) is 13.7 Å². The summed E-state index contributed by atoms with van der Waals surface area (Å²) in [5.41, 5.74) is 3.28. The number of methoxy groups -OCH3 is 1. The Bertz CT molecular complexity index is 392. The van der Waals surface area contributed by atoms with E-state index >= 15 is 0 Å². The molecule has 2 rings (SSSR count). The monoisotopic (exact) mass is 310 g/mol. The maximum absolute atomic E-state index is 11.4. The van der Waals surface area contributed by atoms with Crippen LogP contribution >= 0.6 is 0 Å². The number of rotatable bonds is 1. The van der Waals surface area contributed by atoms with Gasteiger partial charge in [0.15, 0.2) is 0 Å². The number of benzene rings is 1. The molecule has 15 heavy (non-hydrogen) atoms. The van der Waals surface area contributed by atoms with E-state index in [1.165, 1.54) is 41.0 Å². The van der Waals surface area contributed by atoms with Gasteiger partial charge in [-0.05, 0) is 0 Å². The zero-order valence-corrected chi connectivity index (χ0v) is 11.5. The predicted octanol–water partition coefficient (Wildman–Crippen LogP) is 0.915. The van der Waals surface area contributed by atoms with Gasteiger partial charge in [0.2, 0.25) is 0 Å². The Hall–Kier alpha value is -0.551. The Morgan fingerprint density at radius 1 is 1.47 bits per heavy atom. The van der Waals surface area contributed by atoms with E-state index in [0.717, 1.165) is 19.5 Å². The van der Waals surface area contributed by atoms with Crippen LogP contribution in [0.1, 0.15) is 21.5 Å². The van der Waals surface area contributed by atoms with E-state index in [4.69, 9.17) is 4.74 Å². The minimum atomic E-state index is -0.251. The summed E-state index contributed by atoms with van der Waals surface area (Å²) in [4.78, 5) is 11.4. The van der Waals surface area contributed by atoms with Gasteiger partial charge in [0.25, 0.3) is 0 Å². The molecule has 0 N–H and O–H groups in total. The summed E-state index contributed by atoms with van der Waals surface area (Å²) in [5, 5.41) is 0. The predicted molar refractivity (Wildman–Crippen MR) is 57.6 cm³/mol. The summed E-state index contributed by atoms with van der Waals surface area (Å²) in [5.74, 6) is -0.251. The molecule has 3 nitrogen and oxygen atoms in total. The van der Waals surface area contributed by atoms with Crippen LogP contribution in [0.2, 0.25) is 0 Å². The molecule has 0 aromatic heterocycles. The number of carbonyl (C=O) groups excluding carboxylic acids is 1. The molecule has 1 heterocycles. The van der Waals surface area contributed by atoms with Crippen molar-refractivity contribution >= 4 is 28.8 Å². The Morgan fingerprint density at radius 2 is 2.27 bits per heavy atom. The van der Waals surface area contributed by atoms with Crippen LogP contribution in [-0.4, -0.2) is 45.5 Å². The van der Waals surface area contributed by atoms with Crippen LogP contribution in [0, 0.1) is 0 Å². The van der Waals surface area contributed by atoms with E-state index in [0.29, 0.717) is 5.56 Å². The van der Waals surface area contributed by atoms with Crippen molar-refractivity contribution in [1.29, 1.82) is 0 Å². The molecule has 0 aliphatic carbocycles. The summed E-state index contributed by atoms with van der Waals surface area (Å²) in [6, 6.07) is 5.85. The standard InChI is InChI=1S/C11H12NO2.Sn/c1-14-11(13)9-3-2-8-4-5-12-7-10(8)6-9;/h2-3,6H,4-5,7H2,1H3;/q-1;+1. The van der Waals surface area contributed by atoms with E-state index in [2.05, 4.69) is 3.12 Å². The molecule has 1 aliphatic heterocycles. The fourth-order valence-corrected chi connectivity index (χ4v) is 2.61. The van der Waals surface area contributed by atoms with Gasteiger partial charge in [-0.2, -0.15) is 0 Å². The minimum absolute atomic E-state index is 0.251. The first-order valence-electron chi connectivity index (χ1n) is 4.87. The second-order valence-corrected chi connectivity index (χ2v) is 5.45. The van der Waals surface area contributed by atoms with E-state index < -0.39 is 0 Å². The van der Waals surface area contributed by atoms with Gasteiger partial charge in [0.1, 0.15) is 0 Å². The fourth-order valence-electron chi connectivity index (χ4n) is 1.80. The van der Waals surface area contributed by atoms with Crippen molar-refractivity contribution < 1.29 is 9.53 Å². The Morgan fingerprint density at radius 3 is 3.00 bits per heavy atom. The van der Waals surface area contributed by atoms with Gasteiger partial charge in [-0.1, -0.05) is 0 Å². The third kappa shape index (κ3) is 2.34. The van der Waals surface area contributed by atoms with Gasteiger partial charge in [-0.3, -0.25) is 0 Å². The molecule has 0 saturated heterocycles. The van der Waals surface area contributed by atoms with E-state index in [-0.39, 0.29) is 5.97 Å². The molecule has 4 heteroatoms. The molecule has 3 radical (unpaired) electrons. The van der Waals surface area contributed by atoms with Gasteiger partial charge in [0.05, 0.1) is 0 Å². The van der Waals surface area contributed by atoms with Crippen LogP contribution in [0.15, 0.2) is 18.2 Å². The normalized spacial score (nSPS) is 15.9. The van der Waals surface area contributed by atoms with E-state index in [1.807, 2.05) is 18.2 Å². The molecule has 0 amide bonds. The average molecular weight is 309 g/mol. The molecule has 0 spiro atoms. The molecule has 0 saturated carbocycles. The molecule has 0 fully saturated rings. The van der Waals surface area contributed by atoms with Gasteiger partial charge < -0.3 is 0 Å². The van der Waals surface area contributed by atoms with Gasteiger partial charge in [0, 0.05) is 0 Å². The molecule has 77 valence electrons. The molecule has 0 atom stereocenters. The van der Waals surface area contributed by atoms with Crippen LogP contribution < -0.4 is 0 Å². The molecule has 0 bridgehead atoms. The van der Waals surface area contributed by atoms with Crippen molar-refractivity contribution in [2.45, 2.75) is 13.0 Å². The van der Waals surface area contributed by atoms with Gasteiger partial charge >= 0.3 is 103 Å². The van der Waals surface area contributed by atoms with Crippen molar-refractivity contribution in [3.05, 3.63) is 34.9 Å². The fraction of sp³-hybridized carbons (Fsp3) is 0.364. The number of nitrogens with zero attached hydrogens (tertiary/aromatic N) is 1. The summed E-state index contributed by atoms with van der Waals surface area (Å²) in [6.07, 6.45) is 1.09. The van der Waals surface area contributed by atoms with Crippen molar-refractivity contribution in [2.24, 2.45) is 0 Å². The van der Waals surface area contributed by atoms with Crippen LogP contribution in [0.25, 0.3) is 0 Å².